The van der Waals surface area contributed by atoms with Crippen LogP contribution >= 0.6 is 15.9 Å². The normalized spacial score (nSPS) is 26.3. The van der Waals surface area contributed by atoms with Gasteiger partial charge in [-0.25, -0.2) is 4.98 Å². The Bertz CT molecular complexity index is 1330. The van der Waals surface area contributed by atoms with Gasteiger partial charge in [-0.1, -0.05) is 31.2 Å². The maximum Gasteiger partial charge on any atom is 0.244 e. The van der Waals surface area contributed by atoms with E-state index in [2.05, 4.69) is 50.3 Å². The van der Waals surface area contributed by atoms with Gasteiger partial charge >= 0.3 is 0 Å². The summed E-state index contributed by atoms with van der Waals surface area (Å²) in [5.41, 5.74) is 3.86. The second kappa shape index (κ2) is 7.90. The molecule has 0 spiro atoms. The van der Waals surface area contributed by atoms with Crippen LogP contribution in [0.3, 0.4) is 0 Å². The summed E-state index contributed by atoms with van der Waals surface area (Å²) >= 11 is 3.51. The fraction of sp³-hybridized carbons (Fsp3) is 0.462. The fourth-order valence-corrected chi connectivity index (χ4v) is 6.39. The first-order chi connectivity index (χ1) is 16.3. The third kappa shape index (κ3) is 3.54. The predicted molar refractivity (Wildman–Crippen MR) is 134 cm³/mol. The van der Waals surface area contributed by atoms with Gasteiger partial charge in [0.2, 0.25) is 5.91 Å². The van der Waals surface area contributed by atoms with E-state index >= 15 is 0 Å². The van der Waals surface area contributed by atoms with Crippen LogP contribution in [0.25, 0.3) is 10.9 Å². The summed E-state index contributed by atoms with van der Waals surface area (Å²) in [5, 5.41) is 9.05. The molecule has 34 heavy (non-hydrogen) atoms. The Hall–Kier alpha value is -2.74. The Kier molecular flexibility index (Phi) is 5.06. The molecule has 3 atom stereocenters. The summed E-state index contributed by atoms with van der Waals surface area (Å²) in [6.07, 6.45) is 4.70. The summed E-state index contributed by atoms with van der Waals surface area (Å²) in [6, 6.07) is 10.5. The van der Waals surface area contributed by atoms with E-state index in [1.807, 2.05) is 18.2 Å². The number of anilines is 1. The molecule has 0 radical (unpaired) electrons. The van der Waals surface area contributed by atoms with Gasteiger partial charge < -0.3 is 10.2 Å². The average Bonchev–Trinajstić information content (AvgIpc) is 3.16. The van der Waals surface area contributed by atoms with Gasteiger partial charge in [-0.2, -0.15) is 5.10 Å². The minimum Gasteiger partial charge on any atom is -0.368 e. The molecule has 2 fully saturated rings. The minimum atomic E-state index is -0.0742. The molecule has 1 saturated carbocycles. The minimum absolute atomic E-state index is 0.0742. The van der Waals surface area contributed by atoms with Crippen LogP contribution in [0, 0.1) is 5.41 Å². The summed E-state index contributed by atoms with van der Waals surface area (Å²) < 4.78 is 2.59. The van der Waals surface area contributed by atoms with E-state index < -0.39 is 0 Å². The van der Waals surface area contributed by atoms with Gasteiger partial charge in [0, 0.05) is 30.9 Å². The molecule has 6 rings (SSSR count). The van der Waals surface area contributed by atoms with E-state index in [4.69, 9.17) is 4.98 Å². The molecule has 3 aliphatic rings. The number of rotatable bonds is 1. The Balaban J connectivity index is 1.46. The van der Waals surface area contributed by atoms with E-state index in [1.165, 1.54) is 5.56 Å². The lowest BCUT2D eigenvalue weighted by atomic mass is 10.0. The van der Waals surface area contributed by atoms with Crippen LogP contribution in [0.15, 0.2) is 34.9 Å². The number of ketones is 1. The molecule has 0 bridgehead atoms. The van der Waals surface area contributed by atoms with Crippen molar-refractivity contribution in [1.82, 2.24) is 19.7 Å². The summed E-state index contributed by atoms with van der Waals surface area (Å²) in [4.78, 5) is 32.9. The van der Waals surface area contributed by atoms with Gasteiger partial charge in [0.05, 0.1) is 5.52 Å². The number of Topliss-reactive ketones (excluding diaryl/α,β-unsaturated/α-hetero) is 1. The monoisotopic (exact) mass is 521 g/mol. The number of nitrogens with zero attached hydrogens (tertiary/aromatic N) is 4. The van der Waals surface area contributed by atoms with Gasteiger partial charge in [-0.05, 0) is 70.6 Å². The van der Waals surface area contributed by atoms with Crippen LogP contribution in [0.1, 0.15) is 54.7 Å². The number of hydrogen-bond donors (Lipinski definition) is 1. The van der Waals surface area contributed by atoms with Crippen LogP contribution in [0.5, 0.6) is 0 Å². The summed E-state index contributed by atoms with van der Waals surface area (Å²) in [5.74, 6) is 0.897. The van der Waals surface area contributed by atoms with Crippen molar-refractivity contribution in [2.45, 2.75) is 64.6 Å². The molecule has 1 saturated heterocycles. The Labute approximate surface area is 207 Å². The lowest BCUT2D eigenvalue weighted by Gasteiger charge is -2.29. The molecule has 0 unspecified atom stereocenters. The van der Waals surface area contributed by atoms with Gasteiger partial charge in [0.15, 0.2) is 5.78 Å². The number of para-hydroxylation sites is 1. The van der Waals surface area contributed by atoms with Crippen LogP contribution in [0.2, 0.25) is 0 Å². The Morgan fingerprint density at radius 2 is 2.00 bits per heavy atom. The molecule has 1 N–H and O–H groups in total. The molecule has 7 nitrogen and oxygen atoms in total. The van der Waals surface area contributed by atoms with E-state index in [-0.39, 0.29) is 35.7 Å². The number of aryl methyl sites for hydroxylation is 2. The van der Waals surface area contributed by atoms with Crippen LogP contribution in [-0.2, 0) is 24.2 Å². The molecule has 2 aliphatic heterocycles. The van der Waals surface area contributed by atoms with E-state index in [1.54, 1.807) is 11.6 Å². The summed E-state index contributed by atoms with van der Waals surface area (Å²) in [7, 11) is 0. The summed E-state index contributed by atoms with van der Waals surface area (Å²) in [6.45, 7) is 4.66. The third-order valence-corrected chi connectivity index (χ3v) is 8.28. The van der Waals surface area contributed by atoms with Crippen molar-refractivity contribution in [3.63, 3.8) is 0 Å². The molecule has 1 amide bonds. The third-order valence-electron chi connectivity index (χ3n) is 7.84. The zero-order valence-corrected chi connectivity index (χ0v) is 21.1. The highest BCUT2D eigenvalue weighted by atomic mass is 79.9. The first-order valence-corrected chi connectivity index (χ1v) is 12.8. The average molecular weight is 522 g/mol. The number of benzene rings is 1. The molecule has 8 heteroatoms. The van der Waals surface area contributed by atoms with Gasteiger partial charge in [-0.3, -0.25) is 14.3 Å². The van der Waals surface area contributed by atoms with Crippen LogP contribution in [0.4, 0.5) is 5.82 Å². The van der Waals surface area contributed by atoms with Gasteiger partial charge in [0.1, 0.15) is 22.7 Å². The Morgan fingerprint density at radius 3 is 2.82 bits per heavy atom. The smallest absolute Gasteiger partial charge is 0.244 e. The van der Waals surface area contributed by atoms with E-state index in [0.29, 0.717) is 12.2 Å². The lowest BCUT2D eigenvalue weighted by molar-refractivity contribution is -0.133. The molecule has 1 aliphatic carbocycles. The van der Waals surface area contributed by atoms with E-state index in [0.717, 1.165) is 59.0 Å². The predicted octanol–water partition coefficient (Wildman–Crippen LogP) is 4.38. The number of piperidine rings is 1. The van der Waals surface area contributed by atoms with Gasteiger partial charge in [0.25, 0.3) is 0 Å². The number of amides is 1. The SMILES string of the molecule is CC(=O)c1nn2c3c(cccc13)CCCc1ccc(Br)nc1NC[C@@H]1C[C@@]3(C)C[C@H]3N1C(=O)C2. The molecular formula is C26H28BrN5O2. The van der Waals surface area contributed by atoms with Crippen molar-refractivity contribution in [3.05, 3.63) is 51.8 Å². The first-order valence-electron chi connectivity index (χ1n) is 12.0. The van der Waals surface area contributed by atoms with Crippen molar-refractivity contribution >= 4 is 44.3 Å². The lowest BCUT2D eigenvalue weighted by Crippen LogP contribution is -2.44. The molecule has 176 valence electrons. The molecule has 2 aromatic heterocycles. The van der Waals surface area contributed by atoms with Crippen molar-refractivity contribution in [1.29, 1.82) is 0 Å². The molecular weight excluding hydrogens is 494 g/mol. The molecule has 1 aromatic carbocycles. The highest BCUT2D eigenvalue weighted by Gasteiger charge is 2.62. The number of carbonyl (C=O) groups excluding carboxylic acids is 2. The number of halogens is 1. The zero-order valence-electron chi connectivity index (χ0n) is 19.5. The number of pyridine rings is 1. The van der Waals surface area contributed by atoms with Crippen LogP contribution in [-0.4, -0.2) is 50.0 Å². The zero-order chi connectivity index (χ0) is 23.6. The molecule has 3 aromatic rings. The van der Waals surface area contributed by atoms with E-state index in [9.17, 15) is 9.59 Å². The number of carbonyl (C=O) groups is 2. The fourth-order valence-electron chi connectivity index (χ4n) is 6.08. The number of nitrogens with one attached hydrogen (secondary N) is 1. The quantitative estimate of drug-likeness (QED) is 0.379. The number of fused-ring (bicyclic) bond motifs is 4. The topological polar surface area (TPSA) is 80.1 Å². The molecule has 4 heterocycles. The van der Waals surface area contributed by atoms with Crippen molar-refractivity contribution in [2.24, 2.45) is 5.41 Å². The number of aromatic nitrogens is 3. The maximum atomic E-state index is 13.7. The highest BCUT2D eigenvalue weighted by Crippen LogP contribution is 2.59. The van der Waals surface area contributed by atoms with Gasteiger partial charge in [-0.15, -0.1) is 0 Å². The standard InChI is InChI=1S/C26H28BrN5O2/c1-15(33)23-19-8-4-6-16-5-3-7-17-9-10-21(27)29-25(17)28-13-18-11-26(2)12-20(26)32(18)22(34)14-31(30-23)24(16)19/h4,6,8-10,18,20H,3,5,7,11-14H2,1-2H3,(H,28,29)/t18-,20+,26-/m0/s1. The first kappa shape index (κ1) is 21.8. The van der Waals surface area contributed by atoms with Crippen molar-refractivity contribution in [2.75, 3.05) is 11.9 Å². The van der Waals surface area contributed by atoms with Crippen LogP contribution < -0.4 is 5.32 Å². The Morgan fingerprint density at radius 1 is 1.18 bits per heavy atom. The largest absolute Gasteiger partial charge is 0.368 e. The highest BCUT2D eigenvalue weighted by molar-refractivity contribution is 9.10. The van der Waals surface area contributed by atoms with Crippen molar-refractivity contribution in [3.8, 4) is 0 Å². The number of hydrogen-bond acceptors (Lipinski definition) is 5. The second-order valence-electron chi connectivity index (χ2n) is 10.3. The maximum absolute atomic E-state index is 13.7. The van der Waals surface area contributed by atoms with Crippen molar-refractivity contribution < 1.29 is 9.59 Å². The second-order valence-corrected chi connectivity index (χ2v) is 11.1.